The van der Waals surface area contributed by atoms with Gasteiger partial charge < -0.3 is 15.4 Å². The minimum atomic E-state index is 0.168. The van der Waals surface area contributed by atoms with Crippen LogP contribution in [-0.4, -0.2) is 43.7 Å². The molecular formula is C13H26N2O2. The highest BCUT2D eigenvalue weighted by Gasteiger charge is 2.31. The van der Waals surface area contributed by atoms with E-state index >= 15 is 0 Å². The van der Waals surface area contributed by atoms with Crippen LogP contribution in [0, 0.1) is 11.8 Å². The monoisotopic (exact) mass is 242 g/mol. The number of rotatable bonds is 5. The molecule has 1 amide bonds. The summed E-state index contributed by atoms with van der Waals surface area (Å²) < 4.78 is 5.04. The highest BCUT2D eigenvalue weighted by molar-refractivity contribution is 5.79. The largest absolute Gasteiger partial charge is 0.383 e. The summed E-state index contributed by atoms with van der Waals surface area (Å²) in [5, 5.41) is 0. The van der Waals surface area contributed by atoms with E-state index < -0.39 is 0 Å². The zero-order valence-corrected chi connectivity index (χ0v) is 11.3. The molecule has 0 aromatic rings. The number of amides is 1. The molecule has 1 rings (SSSR count). The Morgan fingerprint density at radius 1 is 1.47 bits per heavy atom. The standard InChI is InChI=1S/C13H26N2O2/c1-4-15(7-8-17-3)13(16)11-5-6-12(14)10(2)9-11/h10-12H,4-9,14H2,1-3H3. The first kappa shape index (κ1) is 14.5. The molecular weight excluding hydrogens is 216 g/mol. The molecule has 0 aromatic carbocycles. The van der Waals surface area contributed by atoms with Crippen LogP contribution in [0.25, 0.3) is 0 Å². The van der Waals surface area contributed by atoms with Gasteiger partial charge in [-0.1, -0.05) is 6.92 Å². The third-order valence-electron chi connectivity index (χ3n) is 3.84. The second-order valence-corrected chi connectivity index (χ2v) is 5.06. The lowest BCUT2D eigenvalue weighted by atomic mass is 9.79. The summed E-state index contributed by atoms with van der Waals surface area (Å²) in [6.07, 6.45) is 2.84. The summed E-state index contributed by atoms with van der Waals surface area (Å²) in [5.41, 5.74) is 5.98. The summed E-state index contributed by atoms with van der Waals surface area (Å²) in [6, 6.07) is 0.271. The van der Waals surface area contributed by atoms with E-state index in [1.165, 1.54) is 0 Å². The molecule has 2 N–H and O–H groups in total. The van der Waals surface area contributed by atoms with Gasteiger partial charge in [-0.2, -0.15) is 0 Å². The number of likely N-dealkylation sites (N-methyl/N-ethyl adjacent to an activating group) is 1. The first-order chi connectivity index (χ1) is 8.10. The van der Waals surface area contributed by atoms with Gasteiger partial charge in [-0.25, -0.2) is 0 Å². The maximum absolute atomic E-state index is 12.3. The van der Waals surface area contributed by atoms with Gasteiger partial charge >= 0.3 is 0 Å². The van der Waals surface area contributed by atoms with Crippen molar-refractivity contribution in [3.05, 3.63) is 0 Å². The molecule has 1 fully saturated rings. The lowest BCUT2D eigenvalue weighted by Gasteiger charge is -2.34. The number of carbonyl (C=O) groups is 1. The molecule has 0 aliphatic heterocycles. The molecule has 4 heteroatoms. The van der Waals surface area contributed by atoms with Crippen molar-refractivity contribution in [1.29, 1.82) is 0 Å². The molecule has 0 aromatic heterocycles. The predicted molar refractivity (Wildman–Crippen MR) is 68.6 cm³/mol. The third-order valence-corrected chi connectivity index (χ3v) is 3.84. The Labute approximate surface area is 104 Å². The first-order valence-electron chi connectivity index (χ1n) is 6.63. The molecule has 1 aliphatic carbocycles. The van der Waals surface area contributed by atoms with Gasteiger partial charge in [0.1, 0.15) is 0 Å². The lowest BCUT2D eigenvalue weighted by Crippen LogP contribution is -2.43. The van der Waals surface area contributed by atoms with Crippen LogP contribution in [0.5, 0.6) is 0 Å². The molecule has 0 spiro atoms. The molecule has 0 heterocycles. The van der Waals surface area contributed by atoms with Crippen molar-refractivity contribution in [2.45, 2.75) is 39.2 Å². The van der Waals surface area contributed by atoms with Crippen LogP contribution in [0.15, 0.2) is 0 Å². The van der Waals surface area contributed by atoms with Crippen LogP contribution in [0.2, 0.25) is 0 Å². The fourth-order valence-electron chi connectivity index (χ4n) is 2.53. The smallest absolute Gasteiger partial charge is 0.225 e. The van der Waals surface area contributed by atoms with Crippen LogP contribution in [0.1, 0.15) is 33.1 Å². The number of ether oxygens (including phenoxy) is 1. The fourth-order valence-corrected chi connectivity index (χ4v) is 2.53. The van der Waals surface area contributed by atoms with Crippen molar-refractivity contribution in [1.82, 2.24) is 4.90 Å². The predicted octanol–water partition coefficient (Wildman–Crippen LogP) is 1.24. The molecule has 100 valence electrons. The number of nitrogens with zero attached hydrogens (tertiary/aromatic N) is 1. The van der Waals surface area contributed by atoms with E-state index in [0.29, 0.717) is 19.1 Å². The molecule has 3 unspecified atom stereocenters. The van der Waals surface area contributed by atoms with Crippen molar-refractivity contribution < 1.29 is 9.53 Å². The minimum Gasteiger partial charge on any atom is -0.383 e. The molecule has 1 saturated carbocycles. The zero-order valence-electron chi connectivity index (χ0n) is 11.3. The summed E-state index contributed by atoms with van der Waals surface area (Å²) in [5.74, 6) is 0.906. The summed E-state index contributed by atoms with van der Waals surface area (Å²) in [7, 11) is 1.67. The first-order valence-corrected chi connectivity index (χ1v) is 6.63. The van der Waals surface area contributed by atoms with Gasteiger partial charge in [0.2, 0.25) is 5.91 Å². The van der Waals surface area contributed by atoms with Gasteiger partial charge in [0.05, 0.1) is 6.61 Å². The van der Waals surface area contributed by atoms with Crippen molar-refractivity contribution in [2.75, 3.05) is 26.8 Å². The Hall–Kier alpha value is -0.610. The van der Waals surface area contributed by atoms with E-state index in [9.17, 15) is 4.79 Å². The lowest BCUT2D eigenvalue weighted by molar-refractivity contribution is -0.137. The fraction of sp³-hybridized carbons (Fsp3) is 0.923. The number of nitrogens with two attached hydrogens (primary N) is 1. The van der Waals surface area contributed by atoms with Crippen molar-refractivity contribution in [3.63, 3.8) is 0 Å². The van der Waals surface area contributed by atoms with Crippen LogP contribution in [-0.2, 0) is 9.53 Å². The van der Waals surface area contributed by atoms with Crippen LogP contribution in [0.3, 0.4) is 0 Å². The minimum absolute atomic E-state index is 0.168. The zero-order chi connectivity index (χ0) is 12.8. The third kappa shape index (κ3) is 3.96. The van der Waals surface area contributed by atoms with E-state index in [-0.39, 0.29) is 17.9 Å². The van der Waals surface area contributed by atoms with Crippen LogP contribution >= 0.6 is 0 Å². The highest BCUT2D eigenvalue weighted by Crippen LogP contribution is 2.29. The molecule has 3 atom stereocenters. The molecule has 1 aliphatic rings. The van der Waals surface area contributed by atoms with Crippen molar-refractivity contribution in [3.8, 4) is 0 Å². The topological polar surface area (TPSA) is 55.6 Å². The number of methoxy groups -OCH3 is 1. The summed E-state index contributed by atoms with van der Waals surface area (Å²) in [6.45, 7) is 6.24. The highest BCUT2D eigenvalue weighted by atomic mass is 16.5. The molecule has 0 bridgehead atoms. The van der Waals surface area contributed by atoms with E-state index in [0.717, 1.165) is 25.8 Å². The van der Waals surface area contributed by atoms with Crippen molar-refractivity contribution >= 4 is 5.91 Å². The number of hydrogen-bond donors (Lipinski definition) is 1. The Morgan fingerprint density at radius 2 is 2.18 bits per heavy atom. The average molecular weight is 242 g/mol. The van der Waals surface area contributed by atoms with Gasteiger partial charge in [0.25, 0.3) is 0 Å². The number of hydrogen-bond acceptors (Lipinski definition) is 3. The Balaban J connectivity index is 2.50. The van der Waals surface area contributed by atoms with Crippen LogP contribution < -0.4 is 5.73 Å². The second kappa shape index (κ2) is 6.97. The Morgan fingerprint density at radius 3 is 2.71 bits per heavy atom. The van der Waals surface area contributed by atoms with Crippen LogP contribution in [0.4, 0.5) is 0 Å². The SMILES string of the molecule is CCN(CCOC)C(=O)C1CCC(N)C(C)C1. The number of carbonyl (C=O) groups excluding carboxylic acids is 1. The molecule has 17 heavy (non-hydrogen) atoms. The van der Waals surface area contributed by atoms with Gasteiger partial charge in [-0.15, -0.1) is 0 Å². The van der Waals surface area contributed by atoms with Gasteiger partial charge in [0, 0.05) is 32.2 Å². The molecule has 0 saturated heterocycles. The van der Waals surface area contributed by atoms with Crippen molar-refractivity contribution in [2.24, 2.45) is 17.6 Å². The molecule has 4 nitrogen and oxygen atoms in total. The Kier molecular flexibility index (Phi) is 5.92. The van der Waals surface area contributed by atoms with E-state index in [1.807, 2.05) is 11.8 Å². The van der Waals surface area contributed by atoms with Gasteiger partial charge in [0.15, 0.2) is 0 Å². The maximum atomic E-state index is 12.3. The normalized spacial score (nSPS) is 29.1. The average Bonchev–Trinajstić information content (AvgIpc) is 2.33. The van der Waals surface area contributed by atoms with E-state index in [2.05, 4.69) is 6.92 Å². The molecule has 0 radical (unpaired) electrons. The van der Waals surface area contributed by atoms with Gasteiger partial charge in [-0.3, -0.25) is 4.79 Å². The quantitative estimate of drug-likeness (QED) is 0.789. The van der Waals surface area contributed by atoms with Gasteiger partial charge in [-0.05, 0) is 32.1 Å². The Bertz CT molecular complexity index is 246. The van der Waals surface area contributed by atoms with E-state index in [4.69, 9.17) is 10.5 Å². The van der Waals surface area contributed by atoms with E-state index in [1.54, 1.807) is 7.11 Å². The summed E-state index contributed by atoms with van der Waals surface area (Å²) in [4.78, 5) is 14.2. The summed E-state index contributed by atoms with van der Waals surface area (Å²) >= 11 is 0. The maximum Gasteiger partial charge on any atom is 0.225 e. The second-order valence-electron chi connectivity index (χ2n) is 5.06.